The van der Waals surface area contributed by atoms with E-state index in [2.05, 4.69) is 19.9 Å². The number of rotatable bonds is 2. The van der Waals surface area contributed by atoms with Crippen LogP contribution in [-0.2, 0) is 22.3 Å². The maximum absolute atomic E-state index is 10.2. The molecular formula is C22H25CoN4O5+. The van der Waals surface area contributed by atoms with Crippen LogP contribution in [0.5, 0.6) is 0 Å². The molecule has 0 fully saturated rings. The number of aromatic amines is 2. The molecule has 0 saturated carbocycles. The first-order chi connectivity index (χ1) is 14.4. The number of imidazole rings is 2. The van der Waals surface area contributed by atoms with Crippen LogP contribution >= 0.6 is 0 Å². The minimum atomic E-state index is -1.12. The zero-order valence-corrected chi connectivity index (χ0v) is 18.6. The monoisotopic (exact) mass is 484 g/mol. The molecule has 0 bridgehead atoms. The molecule has 171 valence electrons. The molecule has 10 heteroatoms. The summed E-state index contributed by atoms with van der Waals surface area (Å²) in [5, 5.41) is 20.4. The van der Waals surface area contributed by atoms with Gasteiger partial charge in [-0.3, -0.25) is 0 Å². The summed E-state index contributed by atoms with van der Waals surface area (Å²) in [6.45, 7) is 3.80. The van der Waals surface area contributed by atoms with Crippen LogP contribution in [-0.4, -0.2) is 31.9 Å². The van der Waals surface area contributed by atoms with Gasteiger partial charge in [-0.1, -0.05) is 59.7 Å². The maximum atomic E-state index is 10.2. The van der Waals surface area contributed by atoms with E-state index in [1.54, 1.807) is 61.7 Å². The largest absolute Gasteiger partial charge is 2.00 e. The Hall–Kier alpha value is -3.73. The van der Waals surface area contributed by atoms with E-state index < -0.39 is 11.9 Å². The number of hydrogen-bond donors (Lipinski definition) is 2. The summed E-state index contributed by atoms with van der Waals surface area (Å²) in [5.74, 6) is -2.25. The number of carbonyl (C=O) groups is 2. The number of H-pyrrole nitrogens is 2. The number of nitrogens with zero attached hydrogens (tertiary/aromatic N) is 2. The van der Waals surface area contributed by atoms with E-state index in [0.717, 1.165) is 11.1 Å². The Labute approximate surface area is 196 Å². The molecule has 0 saturated heterocycles. The van der Waals surface area contributed by atoms with Gasteiger partial charge in [0.15, 0.2) is 0 Å². The summed E-state index contributed by atoms with van der Waals surface area (Å²) in [4.78, 5) is 33.2. The van der Waals surface area contributed by atoms with Crippen molar-refractivity contribution in [3.63, 3.8) is 0 Å². The number of carbonyl (C=O) groups excluding carboxylic acids is 2. The van der Waals surface area contributed by atoms with Gasteiger partial charge in [0.1, 0.15) is 0 Å². The molecule has 0 aliphatic carbocycles. The normalized spacial score (nSPS) is 8.31. The molecule has 0 aliphatic rings. The van der Waals surface area contributed by atoms with Crippen molar-refractivity contribution < 1.29 is 42.1 Å². The average molecular weight is 484 g/mol. The first-order valence-electron chi connectivity index (χ1n) is 8.81. The van der Waals surface area contributed by atoms with Gasteiger partial charge in [-0.05, 0) is 25.0 Å². The van der Waals surface area contributed by atoms with Crippen molar-refractivity contribution in [3.8, 4) is 0 Å². The molecular weight excluding hydrogens is 459 g/mol. The van der Waals surface area contributed by atoms with E-state index in [9.17, 15) is 19.8 Å². The minimum Gasteiger partial charge on any atom is -0.545 e. The predicted octanol–water partition coefficient (Wildman–Crippen LogP) is 0.612. The number of nitrogens with one attached hydrogen (secondary N) is 2. The molecule has 32 heavy (non-hydrogen) atoms. The Bertz CT molecular complexity index is 843. The molecule has 9 nitrogen and oxygen atoms in total. The fourth-order valence-electron chi connectivity index (χ4n) is 1.81. The van der Waals surface area contributed by atoms with Crippen LogP contribution in [0.25, 0.3) is 0 Å². The fraction of sp³-hybridized carbons (Fsp3) is 0.0909. The molecule has 0 atom stereocenters. The summed E-state index contributed by atoms with van der Waals surface area (Å²) in [6.07, 6.45) is 10.2. The first-order valence-corrected chi connectivity index (χ1v) is 8.81. The molecule has 0 unspecified atom stereocenters. The van der Waals surface area contributed by atoms with Crippen molar-refractivity contribution in [2.24, 2.45) is 0 Å². The maximum Gasteiger partial charge on any atom is 2.00 e. The third kappa shape index (κ3) is 14.3. The molecule has 4 aromatic rings. The third-order valence-electron chi connectivity index (χ3n) is 3.39. The number of carboxylic acid groups (broad SMARTS) is 2. The van der Waals surface area contributed by atoms with Crippen molar-refractivity contribution in [1.29, 1.82) is 0 Å². The Kier molecular flexibility index (Phi) is 17.2. The van der Waals surface area contributed by atoms with Crippen LogP contribution in [0.2, 0.25) is 0 Å². The molecule has 5 N–H and O–H groups in total. The van der Waals surface area contributed by atoms with Crippen LogP contribution in [0.4, 0.5) is 0 Å². The zero-order valence-electron chi connectivity index (χ0n) is 17.5. The molecule has 0 aliphatic heterocycles. The number of aromatic carboxylic acids is 2. The average Bonchev–Trinajstić information content (AvgIpc) is 3.48. The molecule has 0 spiro atoms. The number of carboxylic acids is 2. The number of aromatic nitrogens is 4. The Balaban J connectivity index is 0. The summed E-state index contributed by atoms with van der Waals surface area (Å²) < 4.78 is 0. The van der Waals surface area contributed by atoms with Crippen LogP contribution in [0.1, 0.15) is 31.8 Å². The van der Waals surface area contributed by atoms with Crippen molar-refractivity contribution in [2.75, 3.05) is 0 Å². The zero-order chi connectivity index (χ0) is 22.2. The smallest absolute Gasteiger partial charge is 0.545 e. The van der Waals surface area contributed by atoms with Gasteiger partial charge in [0, 0.05) is 24.8 Å². The third-order valence-corrected chi connectivity index (χ3v) is 3.39. The Morgan fingerprint density at radius 1 is 0.688 bits per heavy atom. The van der Waals surface area contributed by atoms with Crippen LogP contribution in [0.3, 0.4) is 0 Å². The second kappa shape index (κ2) is 18.1. The van der Waals surface area contributed by atoms with E-state index in [1.165, 1.54) is 24.3 Å². The second-order valence-electron chi connectivity index (χ2n) is 5.83. The van der Waals surface area contributed by atoms with Gasteiger partial charge in [0.05, 0.1) is 24.6 Å². The van der Waals surface area contributed by atoms with Crippen molar-refractivity contribution >= 4 is 11.9 Å². The topological polar surface area (TPSA) is 171 Å². The van der Waals surface area contributed by atoms with Gasteiger partial charge in [0.2, 0.25) is 0 Å². The molecule has 4 rings (SSSR count). The van der Waals surface area contributed by atoms with Gasteiger partial charge < -0.3 is 35.2 Å². The molecule has 1 radical (unpaired) electrons. The van der Waals surface area contributed by atoms with E-state index in [1.807, 2.05) is 13.8 Å². The van der Waals surface area contributed by atoms with Crippen LogP contribution in [0.15, 0.2) is 86.0 Å². The van der Waals surface area contributed by atoms with Crippen molar-refractivity contribution in [2.45, 2.75) is 13.8 Å². The first kappa shape index (κ1) is 30.5. The van der Waals surface area contributed by atoms with E-state index in [-0.39, 0.29) is 33.4 Å². The minimum absolute atomic E-state index is 0. The van der Waals surface area contributed by atoms with E-state index in [4.69, 9.17) is 0 Å². The number of hydrogen-bond acceptors (Lipinski definition) is 6. The van der Waals surface area contributed by atoms with Gasteiger partial charge in [-0.2, -0.15) is 0 Å². The van der Waals surface area contributed by atoms with Crippen molar-refractivity contribution in [3.05, 3.63) is 108 Å². The quantitative estimate of drug-likeness (QED) is 0.395. The van der Waals surface area contributed by atoms with Gasteiger partial charge in [-0.25, -0.2) is 9.97 Å². The SMILES string of the molecule is Cc1ccc(C(=O)[O-])cc1.Cc1ccc(C(=O)[O-])cc1.[Co+2].[OH3+].c1c[nH]cn1.c1c[nH]cn1. The summed E-state index contributed by atoms with van der Waals surface area (Å²) >= 11 is 0. The van der Waals surface area contributed by atoms with Crippen LogP contribution < -0.4 is 10.2 Å². The standard InChI is InChI=1S/2C8H8O2.2C3H4N2.Co.H2O/c2*1-6-2-4-7(5-3-6)8(9)10;2*1-2-5-3-4-1;;/h2*2-5H,1H3,(H,9,10);2*1-3H,(H,4,5);;1H2/q;;;;+2;/p-1. The van der Waals surface area contributed by atoms with E-state index >= 15 is 0 Å². The van der Waals surface area contributed by atoms with Crippen LogP contribution in [0, 0.1) is 13.8 Å². The number of aryl methyl sites for hydroxylation is 2. The van der Waals surface area contributed by atoms with Crippen molar-refractivity contribution in [1.82, 2.24) is 19.9 Å². The summed E-state index contributed by atoms with van der Waals surface area (Å²) in [5.41, 5.74) is 2.55. The molecule has 2 heterocycles. The molecule has 2 aromatic carbocycles. The Morgan fingerprint density at radius 3 is 1.16 bits per heavy atom. The molecule has 2 aromatic heterocycles. The summed E-state index contributed by atoms with van der Waals surface area (Å²) in [6, 6.07) is 13.1. The van der Waals surface area contributed by atoms with E-state index in [0.29, 0.717) is 0 Å². The van der Waals surface area contributed by atoms with Gasteiger partial charge in [0.25, 0.3) is 0 Å². The molecule has 0 amide bonds. The second-order valence-corrected chi connectivity index (χ2v) is 5.83. The Morgan fingerprint density at radius 2 is 1.00 bits per heavy atom. The number of benzene rings is 2. The predicted molar refractivity (Wildman–Crippen MR) is 113 cm³/mol. The fourth-order valence-corrected chi connectivity index (χ4v) is 1.81. The summed E-state index contributed by atoms with van der Waals surface area (Å²) in [7, 11) is 0. The van der Waals surface area contributed by atoms with Gasteiger partial charge in [-0.15, -0.1) is 0 Å². The van der Waals surface area contributed by atoms with Gasteiger partial charge >= 0.3 is 16.8 Å².